The van der Waals surface area contributed by atoms with E-state index in [-0.39, 0.29) is 18.2 Å². The third-order valence-corrected chi connectivity index (χ3v) is 8.46. The van der Waals surface area contributed by atoms with Crippen molar-refractivity contribution in [2.75, 3.05) is 45.6 Å². The lowest BCUT2D eigenvalue weighted by molar-refractivity contribution is 0.105. The number of Topliss-reactive ketones (excluding diaryl/α,β-unsaturated/α-hetero) is 1. The van der Waals surface area contributed by atoms with Crippen LogP contribution in [0.2, 0.25) is 0 Å². The fourth-order valence-electron chi connectivity index (χ4n) is 5.16. The van der Waals surface area contributed by atoms with Gasteiger partial charge in [-0.05, 0) is 60.4 Å². The molecule has 0 bridgehead atoms. The molecule has 2 aliphatic rings. The van der Waals surface area contributed by atoms with Crippen LogP contribution in [-0.4, -0.2) is 69.0 Å². The Hall–Kier alpha value is -3.11. The number of piperazine rings is 1. The van der Waals surface area contributed by atoms with Gasteiger partial charge in [-0.1, -0.05) is 29.8 Å². The zero-order valence-electron chi connectivity index (χ0n) is 22.3. The van der Waals surface area contributed by atoms with E-state index in [0.717, 1.165) is 24.6 Å². The predicted octanol–water partition coefficient (Wildman–Crippen LogP) is 5.20. The van der Waals surface area contributed by atoms with E-state index in [2.05, 4.69) is 4.90 Å². The van der Waals surface area contributed by atoms with Crippen LogP contribution in [0.4, 0.5) is 8.78 Å². The van der Waals surface area contributed by atoms with Crippen LogP contribution in [0, 0.1) is 18.6 Å². The number of allylic oxidation sites excluding steroid dienone is 1. The van der Waals surface area contributed by atoms with Gasteiger partial charge in [0, 0.05) is 55.5 Å². The third-order valence-electron chi connectivity index (χ3n) is 7.16. The maximum absolute atomic E-state index is 14.2. The molecule has 0 atom stereocenters. The molecule has 1 aliphatic carbocycles. The Labute approximate surface area is 239 Å². The summed E-state index contributed by atoms with van der Waals surface area (Å²) in [5.41, 5.74) is 3.96. The van der Waals surface area contributed by atoms with E-state index >= 15 is 0 Å². The number of nitrogens with zero attached hydrogens (tertiary/aromatic N) is 2. The third kappa shape index (κ3) is 6.44. The second-order valence-corrected chi connectivity index (χ2v) is 12.0. The molecule has 1 fully saturated rings. The van der Waals surface area contributed by atoms with Crippen LogP contribution in [-0.2, 0) is 10.0 Å². The van der Waals surface area contributed by atoms with Crippen LogP contribution in [0.1, 0.15) is 39.0 Å². The second kappa shape index (κ2) is 12.2. The fourth-order valence-corrected chi connectivity index (χ4v) is 5.99. The number of ether oxygens (including phenoxy) is 1. The van der Waals surface area contributed by atoms with Gasteiger partial charge in [-0.2, -0.15) is 4.31 Å². The highest BCUT2D eigenvalue weighted by Gasteiger charge is 2.32. The summed E-state index contributed by atoms with van der Waals surface area (Å²) in [7, 11) is -3.16. The van der Waals surface area contributed by atoms with Crippen LogP contribution in [0.15, 0.2) is 60.7 Å². The summed E-state index contributed by atoms with van der Waals surface area (Å²) in [6, 6.07) is 16.0. The molecule has 0 amide bonds. The molecular weight excluding hydrogens is 558 g/mol. The van der Waals surface area contributed by atoms with Gasteiger partial charge < -0.3 is 9.64 Å². The van der Waals surface area contributed by atoms with Gasteiger partial charge in [0.2, 0.25) is 10.0 Å². The summed E-state index contributed by atoms with van der Waals surface area (Å²) in [5, 5.41) is 0. The van der Waals surface area contributed by atoms with Crippen molar-refractivity contribution in [1.82, 2.24) is 9.21 Å². The summed E-state index contributed by atoms with van der Waals surface area (Å²) in [6.45, 7) is 5.48. The molecule has 212 valence electrons. The van der Waals surface area contributed by atoms with Crippen LogP contribution in [0.3, 0.4) is 0 Å². The van der Waals surface area contributed by atoms with E-state index in [1.54, 1.807) is 18.2 Å². The lowest BCUT2D eigenvalue weighted by atomic mass is 9.93. The minimum Gasteiger partial charge on any atom is -0.494 e. The largest absolute Gasteiger partial charge is 0.494 e. The smallest absolute Gasteiger partial charge is 0.211 e. The molecule has 1 saturated heterocycles. The summed E-state index contributed by atoms with van der Waals surface area (Å²) >= 11 is 0. The van der Waals surface area contributed by atoms with E-state index in [1.807, 2.05) is 31.2 Å². The van der Waals surface area contributed by atoms with E-state index in [1.165, 1.54) is 22.7 Å². The molecule has 6 nitrogen and oxygen atoms in total. The molecule has 5 rings (SSSR count). The summed E-state index contributed by atoms with van der Waals surface area (Å²) < 4.78 is 59.2. The number of halogens is 3. The van der Waals surface area contributed by atoms with E-state index in [0.29, 0.717) is 71.9 Å². The van der Waals surface area contributed by atoms with Crippen molar-refractivity contribution >= 4 is 39.4 Å². The highest BCUT2D eigenvalue weighted by molar-refractivity contribution is 7.88. The number of carbonyl (C=O) groups is 1. The normalized spacial score (nSPS) is 16.1. The van der Waals surface area contributed by atoms with Gasteiger partial charge in [0.05, 0.1) is 12.9 Å². The fraction of sp³-hybridized carbons (Fsp3) is 0.300. The first-order valence-electron chi connectivity index (χ1n) is 12.9. The van der Waals surface area contributed by atoms with Crippen molar-refractivity contribution in [2.45, 2.75) is 13.3 Å². The highest BCUT2D eigenvalue weighted by atomic mass is 35.5. The predicted molar refractivity (Wildman–Crippen MR) is 154 cm³/mol. The second-order valence-electron chi connectivity index (χ2n) is 10.0. The number of benzene rings is 3. The molecule has 0 N–H and O–H groups in total. The molecule has 0 spiro atoms. The Morgan fingerprint density at radius 2 is 1.48 bits per heavy atom. The first kappa shape index (κ1) is 29.9. The SMILES string of the molecule is Cc1ccc(C2=C(c3cc(F)cc(F)c3)c3ccc(OCCCN4CCN(S(C)(=O)=O)CC4)cc3C2=O)cc1.Cl. The standard InChI is InChI=1S/C30H30F2N2O4S.ClH/c1-20-4-6-21(7-5-20)29-28(22-16-23(31)18-24(32)17-22)26-9-8-25(19-27(26)30(29)35)38-15-3-10-33-11-13-34(14-12-33)39(2,36)37;/h4-9,16-19H,3,10-15H2,1-2H3;1H. The van der Waals surface area contributed by atoms with Crippen molar-refractivity contribution in [1.29, 1.82) is 0 Å². The van der Waals surface area contributed by atoms with Gasteiger partial charge in [-0.3, -0.25) is 4.79 Å². The van der Waals surface area contributed by atoms with Gasteiger partial charge >= 0.3 is 0 Å². The molecule has 40 heavy (non-hydrogen) atoms. The molecule has 0 aromatic heterocycles. The number of rotatable bonds is 8. The topological polar surface area (TPSA) is 66.9 Å². The van der Waals surface area contributed by atoms with Crippen molar-refractivity contribution in [3.05, 3.63) is 100 Å². The number of carbonyl (C=O) groups excluding carboxylic acids is 1. The molecule has 1 aliphatic heterocycles. The molecular formula is C30H31ClF2N2O4S. The molecule has 3 aromatic carbocycles. The van der Waals surface area contributed by atoms with E-state index in [9.17, 15) is 22.0 Å². The number of fused-ring (bicyclic) bond motifs is 1. The van der Waals surface area contributed by atoms with Gasteiger partial charge in [-0.25, -0.2) is 17.2 Å². The van der Waals surface area contributed by atoms with Gasteiger partial charge in [0.25, 0.3) is 0 Å². The number of hydrogen-bond acceptors (Lipinski definition) is 5. The van der Waals surface area contributed by atoms with E-state index in [4.69, 9.17) is 4.74 Å². The zero-order valence-corrected chi connectivity index (χ0v) is 24.0. The molecule has 1 heterocycles. The lowest BCUT2D eigenvalue weighted by Crippen LogP contribution is -2.48. The molecule has 3 aromatic rings. The Kier molecular flexibility index (Phi) is 9.09. The van der Waals surface area contributed by atoms with Crippen molar-refractivity contribution in [3.63, 3.8) is 0 Å². The van der Waals surface area contributed by atoms with Crippen LogP contribution in [0.25, 0.3) is 11.1 Å². The van der Waals surface area contributed by atoms with Crippen LogP contribution < -0.4 is 4.74 Å². The Morgan fingerprint density at radius 1 is 0.825 bits per heavy atom. The quantitative estimate of drug-likeness (QED) is 0.339. The highest BCUT2D eigenvalue weighted by Crippen LogP contribution is 2.43. The summed E-state index contributed by atoms with van der Waals surface area (Å²) in [5.74, 6) is -1.10. The molecule has 0 saturated carbocycles. The van der Waals surface area contributed by atoms with Gasteiger partial charge in [0.15, 0.2) is 5.78 Å². The Balaban J connectivity index is 0.00000370. The van der Waals surface area contributed by atoms with Crippen molar-refractivity contribution in [3.8, 4) is 5.75 Å². The average Bonchev–Trinajstić information content (AvgIpc) is 3.18. The average molecular weight is 589 g/mol. The van der Waals surface area contributed by atoms with Gasteiger partial charge in [0.1, 0.15) is 17.4 Å². The Bertz CT molecular complexity index is 1530. The summed E-state index contributed by atoms with van der Waals surface area (Å²) in [4.78, 5) is 15.9. The number of sulfonamides is 1. The lowest BCUT2D eigenvalue weighted by Gasteiger charge is -2.33. The van der Waals surface area contributed by atoms with Crippen molar-refractivity contribution < 1.29 is 26.7 Å². The first-order chi connectivity index (χ1) is 18.6. The maximum Gasteiger partial charge on any atom is 0.211 e. The molecule has 10 heteroatoms. The number of ketones is 1. The van der Waals surface area contributed by atoms with Crippen molar-refractivity contribution in [2.24, 2.45) is 0 Å². The maximum atomic E-state index is 14.2. The van der Waals surface area contributed by atoms with Gasteiger partial charge in [-0.15, -0.1) is 12.4 Å². The Morgan fingerprint density at radius 3 is 2.10 bits per heavy atom. The minimum atomic E-state index is -3.16. The monoisotopic (exact) mass is 588 g/mol. The zero-order chi connectivity index (χ0) is 27.7. The minimum absolute atomic E-state index is 0. The number of hydrogen-bond donors (Lipinski definition) is 0. The number of aryl methyl sites for hydroxylation is 1. The first-order valence-corrected chi connectivity index (χ1v) is 14.7. The molecule has 0 unspecified atom stereocenters. The van der Waals surface area contributed by atoms with Crippen LogP contribution >= 0.6 is 12.4 Å². The van der Waals surface area contributed by atoms with E-state index < -0.39 is 21.7 Å². The van der Waals surface area contributed by atoms with Crippen LogP contribution in [0.5, 0.6) is 5.75 Å². The summed E-state index contributed by atoms with van der Waals surface area (Å²) in [6.07, 6.45) is 1.97. The molecule has 0 radical (unpaired) electrons.